The van der Waals surface area contributed by atoms with Crippen LogP contribution in [0.15, 0.2) is 22.6 Å². The number of halogens is 4. The van der Waals surface area contributed by atoms with Crippen molar-refractivity contribution < 1.29 is 27.1 Å². The fourth-order valence-corrected chi connectivity index (χ4v) is 4.95. The lowest BCUT2D eigenvalue weighted by Crippen LogP contribution is -2.40. The van der Waals surface area contributed by atoms with E-state index < -0.39 is 30.8 Å². The monoisotopic (exact) mass is 488 g/mol. The number of aromatic nitrogens is 1. The predicted octanol–water partition coefficient (Wildman–Crippen LogP) is 4.33. The first-order valence-electron chi connectivity index (χ1n) is 11.0. The Hall–Kier alpha value is -2.04. The molecule has 2 amide bonds. The van der Waals surface area contributed by atoms with Gasteiger partial charge in [0.15, 0.2) is 5.58 Å². The van der Waals surface area contributed by atoms with Crippen LogP contribution in [0.2, 0.25) is 0 Å². The zero-order valence-corrected chi connectivity index (χ0v) is 19.0. The van der Waals surface area contributed by atoms with Crippen molar-refractivity contribution in [2.24, 2.45) is 23.5 Å². The molecule has 1 aliphatic heterocycles. The highest BCUT2D eigenvalue weighted by Gasteiger charge is 2.49. The molecule has 3 fully saturated rings. The lowest BCUT2D eigenvalue weighted by atomic mass is 9.90. The Morgan fingerprint density at radius 3 is 2.48 bits per heavy atom. The first-order valence-corrected chi connectivity index (χ1v) is 11.0. The Balaban J connectivity index is 0.00000259. The lowest BCUT2D eigenvalue weighted by molar-refractivity contribution is -0.150. The summed E-state index contributed by atoms with van der Waals surface area (Å²) >= 11 is 0. The summed E-state index contributed by atoms with van der Waals surface area (Å²) in [7, 11) is 1.45. The summed E-state index contributed by atoms with van der Waals surface area (Å²) in [5.74, 6) is 2.17. The molecule has 11 heteroatoms. The molecule has 5 rings (SSSR count). The van der Waals surface area contributed by atoms with Crippen LogP contribution in [0, 0.1) is 17.8 Å². The molecule has 7 nitrogen and oxygen atoms in total. The van der Waals surface area contributed by atoms with Crippen LogP contribution in [0.5, 0.6) is 0 Å². The van der Waals surface area contributed by atoms with Crippen molar-refractivity contribution in [2.45, 2.75) is 50.0 Å². The van der Waals surface area contributed by atoms with Gasteiger partial charge in [-0.2, -0.15) is 13.2 Å². The van der Waals surface area contributed by atoms with Crippen molar-refractivity contribution in [3.05, 3.63) is 29.7 Å². The maximum absolute atomic E-state index is 13.1. The standard InChI is InChI=1S/C22H27F3N4O3.ClH/c1-31-10-15(29-9-17(22(23,24)25)28-21(29)30)13-6-7-16-14(8-13)27-20(32-16)19(26)18(11-2-3-11)12-4-5-12;/h6-8,11-12,15,17-19H,2-5,9-10,26H2,1H3,(H,28,30);1H/t15-,17+,19-;/m1./s1. The third kappa shape index (κ3) is 4.79. The van der Waals surface area contributed by atoms with E-state index in [1.807, 2.05) is 5.32 Å². The number of carbonyl (C=O) groups is 1. The van der Waals surface area contributed by atoms with E-state index in [4.69, 9.17) is 14.9 Å². The van der Waals surface area contributed by atoms with Crippen LogP contribution in [0.4, 0.5) is 18.0 Å². The number of oxazole rings is 1. The molecule has 3 N–H and O–H groups in total. The molecule has 2 saturated carbocycles. The van der Waals surface area contributed by atoms with Crippen LogP contribution in [0.25, 0.3) is 11.1 Å². The van der Waals surface area contributed by atoms with E-state index in [1.54, 1.807) is 18.2 Å². The van der Waals surface area contributed by atoms with Gasteiger partial charge in [-0.15, -0.1) is 12.4 Å². The Bertz CT molecular complexity index is 996. The quantitative estimate of drug-likeness (QED) is 0.577. The number of fused-ring (bicyclic) bond motifs is 1. The first-order chi connectivity index (χ1) is 15.3. The van der Waals surface area contributed by atoms with Gasteiger partial charge in [0.1, 0.15) is 11.6 Å². The van der Waals surface area contributed by atoms with Gasteiger partial charge in [0.2, 0.25) is 5.89 Å². The average molecular weight is 489 g/mol. The summed E-state index contributed by atoms with van der Waals surface area (Å²) < 4.78 is 50.6. The largest absolute Gasteiger partial charge is 0.439 e. The van der Waals surface area contributed by atoms with Gasteiger partial charge >= 0.3 is 12.2 Å². The topological polar surface area (TPSA) is 93.6 Å². The molecule has 1 aromatic heterocycles. The van der Waals surface area contributed by atoms with Crippen molar-refractivity contribution in [3.63, 3.8) is 0 Å². The van der Waals surface area contributed by atoms with Crippen molar-refractivity contribution in [2.75, 3.05) is 20.3 Å². The molecule has 1 saturated heterocycles. The van der Waals surface area contributed by atoms with Gasteiger partial charge in [0.05, 0.1) is 25.2 Å². The van der Waals surface area contributed by atoms with Crippen molar-refractivity contribution in [3.8, 4) is 0 Å². The van der Waals surface area contributed by atoms with Gasteiger partial charge in [0.25, 0.3) is 0 Å². The van der Waals surface area contributed by atoms with Crippen LogP contribution in [0.3, 0.4) is 0 Å². The number of nitrogens with two attached hydrogens (primary N) is 1. The fourth-order valence-electron chi connectivity index (χ4n) is 4.95. The maximum Gasteiger partial charge on any atom is 0.410 e. The summed E-state index contributed by atoms with van der Waals surface area (Å²) in [5.41, 5.74) is 8.34. The third-order valence-electron chi connectivity index (χ3n) is 6.88. The van der Waals surface area contributed by atoms with Gasteiger partial charge in [-0.05, 0) is 61.1 Å². The predicted molar refractivity (Wildman–Crippen MR) is 117 cm³/mol. The number of methoxy groups -OCH3 is 1. The normalized spacial score (nSPS) is 23.0. The zero-order valence-electron chi connectivity index (χ0n) is 18.2. The second-order valence-corrected chi connectivity index (χ2v) is 9.22. The molecule has 0 spiro atoms. The number of hydrogen-bond donors (Lipinski definition) is 2. The van der Waals surface area contributed by atoms with Crippen LogP contribution in [-0.2, 0) is 4.74 Å². The number of hydrogen-bond acceptors (Lipinski definition) is 5. The molecule has 3 aliphatic rings. The number of nitrogens with one attached hydrogen (secondary N) is 1. The number of benzene rings is 1. The van der Waals surface area contributed by atoms with Gasteiger partial charge in [0, 0.05) is 7.11 Å². The minimum atomic E-state index is -4.51. The number of nitrogens with zero attached hydrogens (tertiary/aromatic N) is 2. The second kappa shape index (κ2) is 8.96. The summed E-state index contributed by atoms with van der Waals surface area (Å²) in [6.45, 7) is -0.424. The highest BCUT2D eigenvalue weighted by molar-refractivity contribution is 5.85. The SMILES string of the molecule is COC[C@H](c1ccc2oc([C@H](N)C(C3CC3)C3CC3)nc2c1)N1C[C@@H](C(F)(F)F)NC1=O.Cl. The minimum absolute atomic E-state index is 0. The number of rotatable bonds is 8. The van der Waals surface area contributed by atoms with Gasteiger partial charge in [-0.1, -0.05) is 6.07 Å². The molecule has 182 valence electrons. The van der Waals surface area contributed by atoms with E-state index in [0.29, 0.717) is 40.3 Å². The maximum atomic E-state index is 13.1. The molecule has 0 bridgehead atoms. The molecule has 0 unspecified atom stereocenters. The number of ether oxygens (including phenoxy) is 1. The van der Waals surface area contributed by atoms with Crippen LogP contribution < -0.4 is 11.1 Å². The van der Waals surface area contributed by atoms with Crippen LogP contribution in [0.1, 0.15) is 49.2 Å². The van der Waals surface area contributed by atoms with E-state index in [2.05, 4.69) is 4.98 Å². The highest BCUT2D eigenvalue weighted by atomic mass is 35.5. The van der Waals surface area contributed by atoms with E-state index in [-0.39, 0.29) is 25.1 Å². The average Bonchev–Trinajstić information content (AvgIpc) is 3.67. The first kappa shape index (κ1) is 24.1. The minimum Gasteiger partial charge on any atom is -0.439 e. The molecule has 1 aromatic carbocycles. The molecular weight excluding hydrogens is 461 g/mol. The van der Waals surface area contributed by atoms with E-state index in [1.165, 1.54) is 32.8 Å². The Morgan fingerprint density at radius 2 is 1.94 bits per heavy atom. The van der Waals surface area contributed by atoms with Crippen molar-refractivity contribution in [1.82, 2.24) is 15.2 Å². The van der Waals surface area contributed by atoms with E-state index in [0.717, 1.165) is 4.90 Å². The zero-order chi connectivity index (χ0) is 22.6. The summed E-state index contributed by atoms with van der Waals surface area (Å²) in [5, 5.41) is 2.01. The Labute approximate surface area is 195 Å². The highest BCUT2D eigenvalue weighted by Crippen LogP contribution is 2.53. The van der Waals surface area contributed by atoms with Gasteiger partial charge in [-0.25, -0.2) is 9.78 Å². The number of urea groups is 1. The van der Waals surface area contributed by atoms with Gasteiger partial charge < -0.3 is 25.1 Å². The molecule has 33 heavy (non-hydrogen) atoms. The number of carbonyl (C=O) groups excluding carboxylic acids is 1. The van der Waals surface area contributed by atoms with Crippen LogP contribution in [-0.4, -0.2) is 48.4 Å². The number of amides is 2. The summed E-state index contributed by atoms with van der Waals surface area (Å²) in [4.78, 5) is 18.1. The lowest BCUT2D eigenvalue weighted by Gasteiger charge is -2.27. The fraction of sp³-hybridized carbons (Fsp3) is 0.636. The van der Waals surface area contributed by atoms with Gasteiger partial charge in [-0.3, -0.25) is 0 Å². The molecule has 2 aromatic rings. The Kier molecular flexibility index (Phi) is 6.54. The molecule has 3 atom stereocenters. The van der Waals surface area contributed by atoms with Crippen molar-refractivity contribution in [1.29, 1.82) is 0 Å². The number of alkyl halides is 3. The second-order valence-electron chi connectivity index (χ2n) is 9.22. The van der Waals surface area contributed by atoms with E-state index >= 15 is 0 Å². The smallest absolute Gasteiger partial charge is 0.410 e. The van der Waals surface area contributed by atoms with Crippen molar-refractivity contribution >= 4 is 29.5 Å². The summed E-state index contributed by atoms with van der Waals surface area (Å²) in [6.07, 6.45) is 0.301. The summed E-state index contributed by atoms with van der Waals surface area (Å²) in [6, 6.07) is 1.59. The molecular formula is C22H28ClF3N4O3. The molecule has 0 radical (unpaired) electrons. The molecule has 2 aliphatic carbocycles. The van der Waals surface area contributed by atoms with Crippen LogP contribution >= 0.6 is 12.4 Å². The third-order valence-corrected chi connectivity index (χ3v) is 6.88. The molecule has 2 heterocycles. The Morgan fingerprint density at radius 1 is 1.27 bits per heavy atom. The van der Waals surface area contributed by atoms with E-state index in [9.17, 15) is 18.0 Å².